The van der Waals surface area contributed by atoms with Crippen LogP contribution in [0.5, 0.6) is 0 Å². The summed E-state index contributed by atoms with van der Waals surface area (Å²) in [6, 6.07) is 26.4. The summed E-state index contributed by atoms with van der Waals surface area (Å²) in [6.07, 6.45) is 0. The first-order chi connectivity index (χ1) is 18.0. The lowest BCUT2D eigenvalue weighted by molar-refractivity contribution is -0.147. The molecule has 3 aromatic rings. The van der Waals surface area contributed by atoms with Gasteiger partial charge in [0, 0.05) is 5.56 Å². The molecule has 0 spiro atoms. The van der Waals surface area contributed by atoms with E-state index in [-0.39, 0.29) is 11.8 Å². The molecule has 200 valence electrons. The molecule has 0 heterocycles. The van der Waals surface area contributed by atoms with Crippen molar-refractivity contribution in [2.45, 2.75) is 46.7 Å². The molecule has 6 nitrogen and oxygen atoms in total. The van der Waals surface area contributed by atoms with E-state index >= 15 is 0 Å². The van der Waals surface area contributed by atoms with E-state index in [9.17, 15) is 14.4 Å². The van der Waals surface area contributed by atoms with Crippen LogP contribution >= 0.6 is 7.92 Å². The van der Waals surface area contributed by atoms with Crippen LogP contribution in [0.1, 0.15) is 45.0 Å². The van der Waals surface area contributed by atoms with Gasteiger partial charge in [0.25, 0.3) is 5.91 Å². The van der Waals surface area contributed by atoms with Crippen molar-refractivity contribution in [3.63, 3.8) is 0 Å². The smallest absolute Gasteiger partial charge is 0.328 e. The van der Waals surface area contributed by atoms with Crippen molar-refractivity contribution < 1.29 is 19.1 Å². The monoisotopic (exact) mass is 532 g/mol. The van der Waals surface area contributed by atoms with Crippen LogP contribution in [0.4, 0.5) is 0 Å². The molecule has 0 aliphatic heterocycles. The maximum Gasteiger partial charge on any atom is 0.328 e. The van der Waals surface area contributed by atoms with Gasteiger partial charge in [-0.3, -0.25) is 9.59 Å². The highest BCUT2D eigenvalue weighted by Crippen LogP contribution is 2.33. The summed E-state index contributed by atoms with van der Waals surface area (Å²) in [5.74, 6) is -1.47. The highest BCUT2D eigenvalue weighted by molar-refractivity contribution is 7.79. The first kappa shape index (κ1) is 29.1. The Morgan fingerprint density at radius 2 is 1.29 bits per heavy atom. The van der Waals surface area contributed by atoms with Gasteiger partial charge in [-0.05, 0) is 47.3 Å². The van der Waals surface area contributed by atoms with Crippen molar-refractivity contribution in [1.82, 2.24) is 10.6 Å². The van der Waals surface area contributed by atoms with Crippen molar-refractivity contribution in [3.8, 4) is 0 Å². The number of esters is 1. The largest absolute Gasteiger partial charge is 0.467 e. The van der Waals surface area contributed by atoms with Gasteiger partial charge in [0.1, 0.15) is 12.1 Å². The third kappa shape index (κ3) is 7.29. The fourth-order valence-corrected chi connectivity index (χ4v) is 6.48. The van der Waals surface area contributed by atoms with Crippen molar-refractivity contribution in [2.75, 3.05) is 7.11 Å². The van der Waals surface area contributed by atoms with E-state index in [1.54, 1.807) is 6.07 Å². The number of ether oxygens (including phenoxy) is 1. The first-order valence-electron chi connectivity index (χ1n) is 12.7. The standard InChI is InChI=1S/C31H37N2O4P/c1-21(2)26(30(36)37-6)32-29(35)27(31(3,4)5)33-28(34)22-14-13-19-25(20-22)38(23-15-9-7-10-16-23)24-17-11-8-12-18-24/h7-21,26-27H,1-6H3,(H,32,35)(H,33,34)/t26-,27+/m0/s1. The lowest BCUT2D eigenvalue weighted by Crippen LogP contribution is -2.57. The summed E-state index contributed by atoms with van der Waals surface area (Å²) in [6.45, 7) is 9.28. The molecular formula is C31H37N2O4P. The maximum atomic E-state index is 13.5. The second kappa shape index (κ2) is 12.8. The molecule has 0 saturated heterocycles. The molecule has 3 rings (SSSR count). The predicted octanol–water partition coefficient (Wildman–Crippen LogP) is 3.90. The quantitative estimate of drug-likeness (QED) is 0.323. The topological polar surface area (TPSA) is 84.5 Å². The van der Waals surface area contributed by atoms with E-state index in [0.29, 0.717) is 5.56 Å². The Kier molecular flexibility index (Phi) is 9.82. The van der Waals surface area contributed by atoms with Crippen LogP contribution in [0.15, 0.2) is 84.9 Å². The zero-order valence-electron chi connectivity index (χ0n) is 22.9. The zero-order valence-corrected chi connectivity index (χ0v) is 23.8. The molecule has 0 aliphatic rings. The fourth-order valence-electron chi connectivity index (χ4n) is 4.14. The van der Waals surface area contributed by atoms with Crippen molar-refractivity contribution >= 4 is 41.6 Å². The number of nitrogens with one attached hydrogen (secondary N) is 2. The molecule has 7 heteroatoms. The Bertz CT molecular complexity index is 1200. The first-order valence-corrected chi connectivity index (χ1v) is 14.1. The molecule has 3 aromatic carbocycles. The van der Waals surface area contributed by atoms with Gasteiger partial charge in [-0.1, -0.05) is 107 Å². The van der Waals surface area contributed by atoms with Crippen LogP contribution in [0, 0.1) is 11.3 Å². The van der Waals surface area contributed by atoms with Gasteiger partial charge in [0.2, 0.25) is 5.91 Å². The van der Waals surface area contributed by atoms with Crippen LogP contribution in [-0.4, -0.2) is 37.0 Å². The van der Waals surface area contributed by atoms with Gasteiger partial charge >= 0.3 is 5.97 Å². The Labute approximate surface area is 226 Å². The number of rotatable bonds is 9. The summed E-state index contributed by atoms with van der Waals surface area (Å²) < 4.78 is 4.86. The van der Waals surface area contributed by atoms with Crippen LogP contribution in [-0.2, 0) is 14.3 Å². The minimum atomic E-state index is -0.881. The van der Waals surface area contributed by atoms with E-state index in [4.69, 9.17) is 4.74 Å². The second-order valence-corrected chi connectivity index (χ2v) is 12.8. The molecule has 38 heavy (non-hydrogen) atoms. The molecule has 0 radical (unpaired) electrons. The molecule has 2 amide bonds. The highest BCUT2D eigenvalue weighted by Gasteiger charge is 2.36. The van der Waals surface area contributed by atoms with Crippen molar-refractivity contribution in [1.29, 1.82) is 0 Å². The van der Waals surface area contributed by atoms with Gasteiger partial charge in [-0.15, -0.1) is 0 Å². The Morgan fingerprint density at radius 1 is 0.763 bits per heavy atom. The Balaban J connectivity index is 1.91. The van der Waals surface area contributed by atoms with Gasteiger partial charge in [-0.2, -0.15) is 0 Å². The highest BCUT2D eigenvalue weighted by atomic mass is 31.1. The molecule has 2 N–H and O–H groups in total. The lowest BCUT2D eigenvalue weighted by Gasteiger charge is -2.32. The van der Waals surface area contributed by atoms with Crippen molar-refractivity contribution in [3.05, 3.63) is 90.5 Å². The minimum absolute atomic E-state index is 0.172. The molecule has 0 unspecified atom stereocenters. The molecule has 2 atom stereocenters. The summed E-state index contributed by atoms with van der Waals surface area (Å²) in [4.78, 5) is 39.0. The summed E-state index contributed by atoms with van der Waals surface area (Å²) in [5.41, 5.74) is -0.132. The van der Waals surface area contributed by atoms with E-state index in [2.05, 4.69) is 34.9 Å². The molecule has 0 aliphatic carbocycles. The summed E-state index contributed by atoms with van der Waals surface area (Å²) >= 11 is 0. The van der Waals surface area contributed by atoms with Crippen LogP contribution in [0.2, 0.25) is 0 Å². The maximum absolute atomic E-state index is 13.5. The molecule has 0 saturated carbocycles. The van der Waals surface area contributed by atoms with Gasteiger partial charge in [0.05, 0.1) is 7.11 Å². The second-order valence-electron chi connectivity index (χ2n) is 10.6. The van der Waals surface area contributed by atoms with Crippen LogP contribution in [0.25, 0.3) is 0 Å². The number of methoxy groups -OCH3 is 1. The molecule has 0 aromatic heterocycles. The normalized spacial score (nSPS) is 13.1. The minimum Gasteiger partial charge on any atom is -0.467 e. The number of amides is 2. The number of hydrogen-bond donors (Lipinski definition) is 2. The average Bonchev–Trinajstić information content (AvgIpc) is 2.90. The third-order valence-electron chi connectivity index (χ3n) is 6.22. The SMILES string of the molecule is COC(=O)[C@@H](NC(=O)[C@@H](NC(=O)c1cccc(P(c2ccccc2)c2ccccc2)c1)C(C)(C)C)C(C)C. The molecular weight excluding hydrogens is 495 g/mol. The number of carbonyl (C=O) groups is 3. The Morgan fingerprint density at radius 3 is 1.76 bits per heavy atom. The average molecular weight is 533 g/mol. The summed E-state index contributed by atoms with van der Waals surface area (Å²) in [5, 5.41) is 9.10. The van der Waals surface area contributed by atoms with Crippen LogP contribution < -0.4 is 26.5 Å². The van der Waals surface area contributed by atoms with Crippen molar-refractivity contribution in [2.24, 2.45) is 11.3 Å². The predicted molar refractivity (Wildman–Crippen MR) is 155 cm³/mol. The van der Waals surface area contributed by atoms with Crippen LogP contribution in [0.3, 0.4) is 0 Å². The summed E-state index contributed by atoms with van der Waals surface area (Å²) in [7, 11) is 0.410. The van der Waals surface area contributed by atoms with E-state index < -0.39 is 37.3 Å². The van der Waals surface area contributed by atoms with E-state index in [1.807, 2.05) is 89.2 Å². The fraction of sp³-hybridized carbons (Fsp3) is 0.323. The number of carbonyl (C=O) groups excluding carboxylic acids is 3. The van der Waals surface area contributed by atoms with E-state index in [0.717, 1.165) is 5.30 Å². The third-order valence-corrected chi connectivity index (χ3v) is 8.64. The number of benzene rings is 3. The zero-order chi connectivity index (χ0) is 27.9. The van der Waals surface area contributed by atoms with Gasteiger partial charge in [0.15, 0.2) is 0 Å². The molecule has 0 bridgehead atoms. The lowest BCUT2D eigenvalue weighted by atomic mass is 9.85. The number of hydrogen-bond acceptors (Lipinski definition) is 4. The van der Waals surface area contributed by atoms with E-state index in [1.165, 1.54) is 17.7 Å². The van der Waals surface area contributed by atoms with Gasteiger partial charge < -0.3 is 15.4 Å². The Hall–Kier alpha value is -3.50. The van der Waals surface area contributed by atoms with Gasteiger partial charge in [-0.25, -0.2) is 4.79 Å². The molecule has 0 fully saturated rings.